The molecule has 1 aromatic rings. The fraction of sp³-hybridized carbons (Fsp3) is 0.625. The van der Waals surface area contributed by atoms with Crippen molar-refractivity contribution in [3.63, 3.8) is 0 Å². The lowest BCUT2D eigenvalue weighted by Crippen LogP contribution is -2.33. The average molecular weight is 284 g/mol. The van der Waals surface area contributed by atoms with Crippen molar-refractivity contribution in [2.75, 3.05) is 13.2 Å². The van der Waals surface area contributed by atoms with Crippen LogP contribution in [0.3, 0.4) is 0 Å². The van der Waals surface area contributed by atoms with E-state index in [1.54, 1.807) is 0 Å². The summed E-state index contributed by atoms with van der Waals surface area (Å²) in [6.45, 7) is 7.71. The summed E-state index contributed by atoms with van der Waals surface area (Å²) in [7, 11) is 0. The Morgan fingerprint density at radius 3 is 2.42 bits per heavy atom. The van der Waals surface area contributed by atoms with E-state index in [0.29, 0.717) is 6.04 Å². The first kappa shape index (κ1) is 16.5. The second-order valence-corrected chi connectivity index (χ2v) is 6.35. The van der Waals surface area contributed by atoms with Gasteiger partial charge in [0.1, 0.15) is 0 Å². The van der Waals surface area contributed by atoms with E-state index in [0.717, 1.165) is 30.8 Å². The molecule has 1 aromatic carbocycles. The Hall–Kier alpha value is -0.570. The monoisotopic (exact) mass is 283 g/mol. The molecule has 0 bridgehead atoms. The molecule has 0 aromatic heterocycles. The number of nitrogens with one attached hydrogen (secondary N) is 1. The first-order valence-electron chi connectivity index (χ1n) is 7.08. The molecule has 2 nitrogen and oxygen atoms in total. The number of hydrogen-bond donors (Lipinski definition) is 2. The van der Waals surface area contributed by atoms with Crippen molar-refractivity contribution >= 4 is 11.6 Å². The van der Waals surface area contributed by atoms with Gasteiger partial charge in [-0.3, -0.25) is 0 Å². The van der Waals surface area contributed by atoms with Crippen LogP contribution in [0, 0.1) is 5.41 Å². The first-order valence-corrected chi connectivity index (χ1v) is 7.46. The lowest BCUT2D eigenvalue weighted by Gasteiger charge is -2.28. The summed E-state index contributed by atoms with van der Waals surface area (Å²) in [6, 6.07) is 8.43. The Balaban J connectivity index is 2.65. The average Bonchev–Trinajstić information content (AvgIpc) is 2.35. The maximum absolute atomic E-state index is 9.08. The molecule has 0 fully saturated rings. The molecule has 0 aliphatic rings. The summed E-state index contributed by atoms with van der Waals surface area (Å²) in [4.78, 5) is 0. The molecular weight excluding hydrogens is 258 g/mol. The molecule has 1 unspecified atom stereocenters. The molecule has 0 amide bonds. The van der Waals surface area contributed by atoms with Crippen LogP contribution in [0.15, 0.2) is 24.3 Å². The van der Waals surface area contributed by atoms with Crippen LogP contribution in [-0.2, 0) is 0 Å². The number of rotatable bonds is 8. The van der Waals surface area contributed by atoms with Gasteiger partial charge in [-0.25, -0.2) is 0 Å². The molecule has 0 radical (unpaired) electrons. The van der Waals surface area contributed by atoms with Gasteiger partial charge in [-0.05, 0) is 36.0 Å². The lowest BCUT2D eigenvalue weighted by atomic mass is 9.89. The first-order chi connectivity index (χ1) is 8.98. The number of hydrogen-bond acceptors (Lipinski definition) is 2. The summed E-state index contributed by atoms with van der Waals surface area (Å²) in [5.41, 5.74) is 1.40. The van der Waals surface area contributed by atoms with Gasteiger partial charge in [-0.2, -0.15) is 0 Å². The number of halogens is 1. The molecule has 1 rings (SSSR count). The zero-order valence-corrected chi connectivity index (χ0v) is 13.0. The van der Waals surface area contributed by atoms with E-state index in [-0.39, 0.29) is 12.0 Å². The Bertz CT molecular complexity index is 362. The van der Waals surface area contributed by atoms with Crippen molar-refractivity contribution in [3.8, 4) is 0 Å². The molecule has 19 heavy (non-hydrogen) atoms. The predicted molar refractivity (Wildman–Crippen MR) is 82.6 cm³/mol. The normalized spacial score (nSPS) is 13.5. The van der Waals surface area contributed by atoms with Gasteiger partial charge in [0.25, 0.3) is 0 Å². The van der Waals surface area contributed by atoms with Gasteiger partial charge in [-0.1, -0.05) is 50.9 Å². The van der Waals surface area contributed by atoms with E-state index in [9.17, 15) is 0 Å². The summed E-state index contributed by atoms with van der Waals surface area (Å²) >= 11 is 5.94. The zero-order chi connectivity index (χ0) is 14.3. The molecule has 3 heteroatoms. The van der Waals surface area contributed by atoms with Crippen LogP contribution in [0.25, 0.3) is 0 Å². The third kappa shape index (κ3) is 5.94. The maximum atomic E-state index is 9.08. The van der Waals surface area contributed by atoms with Gasteiger partial charge >= 0.3 is 0 Å². The fourth-order valence-electron chi connectivity index (χ4n) is 2.16. The van der Waals surface area contributed by atoms with Crippen LogP contribution in [0.4, 0.5) is 0 Å². The second kappa shape index (κ2) is 7.88. The molecule has 2 N–H and O–H groups in total. The molecule has 0 aliphatic carbocycles. The van der Waals surface area contributed by atoms with Gasteiger partial charge in [0.15, 0.2) is 0 Å². The third-order valence-electron chi connectivity index (χ3n) is 3.47. The smallest absolute Gasteiger partial charge is 0.0436 e. The summed E-state index contributed by atoms with van der Waals surface area (Å²) in [6.07, 6.45) is 3.07. The van der Waals surface area contributed by atoms with Crippen LogP contribution in [0.1, 0.15) is 51.6 Å². The fourth-order valence-corrected chi connectivity index (χ4v) is 2.29. The van der Waals surface area contributed by atoms with Crippen molar-refractivity contribution in [3.05, 3.63) is 34.9 Å². The quantitative estimate of drug-likeness (QED) is 0.750. The SMILES string of the molecule is CCCC(NCC(C)(C)CCO)c1ccc(Cl)cc1. The molecule has 1 atom stereocenters. The highest BCUT2D eigenvalue weighted by Gasteiger charge is 2.19. The van der Waals surface area contributed by atoms with Crippen LogP contribution in [0.5, 0.6) is 0 Å². The Morgan fingerprint density at radius 1 is 1.26 bits per heavy atom. The van der Waals surface area contributed by atoms with E-state index in [4.69, 9.17) is 16.7 Å². The molecule has 0 saturated carbocycles. The molecule has 0 spiro atoms. The standard InChI is InChI=1S/C16H26ClNO/c1-4-5-15(13-6-8-14(17)9-7-13)18-12-16(2,3)10-11-19/h6-9,15,18-19H,4-5,10-12H2,1-3H3. The Labute approximate surface area is 122 Å². The van der Waals surface area contributed by atoms with E-state index >= 15 is 0 Å². The van der Waals surface area contributed by atoms with Crippen LogP contribution >= 0.6 is 11.6 Å². The van der Waals surface area contributed by atoms with Gasteiger partial charge in [-0.15, -0.1) is 0 Å². The maximum Gasteiger partial charge on any atom is 0.0436 e. The Morgan fingerprint density at radius 2 is 1.89 bits per heavy atom. The van der Waals surface area contributed by atoms with Crippen molar-refractivity contribution in [1.29, 1.82) is 0 Å². The minimum atomic E-state index is 0.118. The second-order valence-electron chi connectivity index (χ2n) is 5.91. The van der Waals surface area contributed by atoms with E-state index < -0.39 is 0 Å². The highest BCUT2D eigenvalue weighted by atomic mass is 35.5. The van der Waals surface area contributed by atoms with Gasteiger partial charge in [0.05, 0.1) is 0 Å². The Kier molecular flexibility index (Phi) is 6.84. The van der Waals surface area contributed by atoms with Crippen LogP contribution < -0.4 is 5.32 Å². The number of aliphatic hydroxyl groups excluding tert-OH is 1. The molecule has 0 heterocycles. The summed E-state index contributed by atoms with van der Waals surface area (Å²) in [5, 5.41) is 13.5. The third-order valence-corrected chi connectivity index (χ3v) is 3.72. The van der Waals surface area contributed by atoms with Crippen LogP contribution in [0.2, 0.25) is 5.02 Å². The van der Waals surface area contributed by atoms with Gasteiger partial charge in [0, 0.05) is 24.2 Å². The van der Waals surface area contributed by atoms with Gasteiger partial charge < -0.3 is 10.4 Å². The van der Waals surface area contributed by atoms with Crippen molar-refractivity contribution < 1.29 is 5.11 Å². The lowest BCUT2D eigenvalue weighted by molar-refractivity contribution is 0.202. The van der Waals surface area contributed by atoms with E-state index in [2.05, 4.69) is 38.2 Å². The number of benzene rings is 1. The largest absolute Gasteiger partial charge is 0.396 e. The van der Waals surface area contributed by atoms with Crippen molar-refractivity contribution in [2.45, 2.75) is 46.1 Å². The highest BCUT2D eigenvalue weighted by molar-refractivity contribution is 6.30. The number of aliphatic hydroxyl groups is 1. The summed E-state index contributed by atoms with van der Waals surface area (Å²) in [5.74, 6) is 0. The minimum Gasteiger partial charge on any atom is -0.396 e. The topological polar surface area (TPSA) is 32.3 Å². The summed E-state index contributed by atoms with van der Waals surface area (Å²) < 4.78 is 0. The zero-order valence-electron chi connectivity index (χ0n) is 12.2. The molecular formula is C16H26ClNO. The van der Waals surface area contributed by atoms with Crippen LogP contribution in [-0.4, -0.2) is 18.3 Å². The van der Waals surface area contributed by atoms with Crippen molar-refractivity contribution in [2.24, 2.45) is 5.41 Å². The molecule has 0 saturated heterocycles. The highest BCUT2D eigenvalue weighted by Crippen LogP contribution is 2.24. The minimum absolute atomic E-state index is 0.118. The van der Waals surface area contributed by atoms with E-state index in [1.807, 2.05) is 12.1 Å². The van der Waals surface area contributed by atoms with Crippen molar-refractivity contribution in [1.82, 2.24) is 5.32 Å². The molecule has 0 aliphatic heterocycles. The van der Waals surface area contributed by atoms with E-state index in [1.165, 1.54) is 5.56 Å². The predicted octanol–water partition coefficient (Wildman–Crippen LogP) is 4.18. The van der Waals surface area contributed by atoms with Gasteiger partial charge in [0.2, 0.25) is 0 Å². The molecule has 108 valence electrons.